The van der Waals surface area contributed by atoms with Crippen molar-refractivity contribution in [2.75, 3.05) is 6.54 Å². The van der Waals surface area contributed by atoms with Crippen LogP contribution in [0.1, 0.15) is 37.7 Å². The Morgan fingerprint density at radius 2 is 2.11 bits per heavy atom. The Morgan fingerprint density at radius 1 is 1.39 bits per heavy atom. The van der Waals surface area contributed by atoms with E-state index in [0.717, 1.165) is 0 Å². The Bertz CT molecular complexity index is 873. The summed E-state index contributed by atoms with van der Waals surface area (Å²) in [6.45, 7) is 6.25. The third-order valence-corrected chi connectivity index (χ3v) is 4.64. The summed E-state index contributed by atoms with van der Waals surface area (Å²) in [5.74, 6) is -0.261. The topological polar surface area (TPSA) is 75.4 Å². The average Bonchev–Trinajstić information content (AvgIpc) is 3.14. The maximum Gasteiger partial charge on any atom is 0.276 e. The van der Waals surface area contributed by atoms with Crippen molar-refractivity contribution in [3.05, 3.63) is 54.0 Å². The number of hydrogen-bond acceptors (Lipinski definition) is 4. The number of piperazine rings is 1. The molecule has 148 valence electrons. The van der Waals surface area contributed by atoms with Gasteiger partial charge in [0.25, 0.3) is 5.91 Å². The van der Waals surface area contributed by atoms with Crippen molar-refractivity contribution in [1.29, 1.82) is 0 Å². The monoisotopic (exact) mass is 385 g/mol. The van der Waals surface area contributed by atoms with Crippen LogP contribution in [0.15, 0.2) is 47.0 Å². The van der Waals surface area contributed by atoms with Crippen LogP contribution in [-0.2, 0) is 4.79 Å². The summed E-state index contributed by atoms with van der Waals surface area (Å²) < 4.78 is 18.4. The van der Waals surface area contributed by atoms with E-state index in [2.05, 4.69) is 10.5 Å². The molecule has 0 unspecified atom stereocenters. The molecule has 1 N–H and O–H groups in total. The van der Waals surface area contributed by atoms with Crippen molar-refractivity contribution in [3.8, 4) is 11.3 Å². The van der Waals surface area contributed by atoms with Gasteiger partial charge >= 0.3 is 0 Å². The van der Waals surface area contributed by atoms with E-state index in [-0.39, 0.29) is 35.3 Å². The van der Waals surface area contributed by atoms with Crippen LogP contribution in [0.5, 0.6) is 0 Å². The Labute approximate surface area is 163 Å². The zero-order valence-electron chi connectivity index (χ0n) is 16.2. The van der Waals surface area contributed by atoms with Crippen molar-refractivity contribution in [2.45, 2.75) is 39.3 Å². The fourth-order valence-corrected chi connectivity index (χ4v) is 3.33. The Balaban J connectivity index is 1.86. The number of nitrogens with one attached hydrogen (secondary N) is 1. The molecule has 1 aliphatic heterocycles. The zero-order chi connectivity index (χ0) is 20.3. The number of amides is 2. The zero-order valence-corrected chi connectivity index (χ0v) is 16.2. The summed E-state index contributed by atoms with van der Waals surface area (Å²) in [4.78, 5) is 27.3. The van der Waals surface area contributed by atoms with Gasteiger partial charge in [-0.2, -0.15) is 0 Å². The fourth-order valence-electron chi connectivity index (χ4n) is 3.33. The van der Waals surface area contributed by atoms with Gasteiger partial charge in [-0.05, 0) is 43.5 Å². The van der Waals surface area contributed by atoms with E-state index in [1.165, 1.54) is 18.2 Å². The van der Waals surface area contributed by atoms with Crippen molar-refractivity contribution < 1.29 is 18.5 Å². The summed E-state index contributed by atoms with van der Waals surface area (Å²) in [6, 6.07) is 6.47. The minimum atomic E-state index is -0.556. The highest BCUT2D eigenvalue weighted by atomic mass is 19.1. The molecule has 2 aromatic rings. The normalized spacial score (nSPS) is 20.0. The van der Waals surface area contributed by atoms with Gasteiger partial charge in [-0.25, -0.2) is 4.39 Å². The van der Waals surface area contributed by atoms with Gasteiger partial charge in [0.1, 0.15) is 11.9 Å². The van der Waals surface area contributed by atoms with E-state index < -0.39 is 6.04 Å². The van der Waals surface area contributed by atoms with E-state index in [0.29, 0.717) is 24.3 Å². The van der Waals surface area contributed by atoms with Gasteiger partial charge < -0.3 is 14.7 Å². The molecule has 0 aliphatic carbocycles. The Hall–Kier alpha value is -2.96. The van der Waals surface area contributed by atoms with Crippen molar-refractivity contribution in [1.82, 2.24) is 15.4 Å². The summed E-state index contributed by atoms with van der Waals surface area (Å²) in [5, 5.41) is 6.84. The number of hydrogen-bond donors (Lipinski definition) is 1. The predicted molar refractivity (Wildman–Crippen MR) is 103 cm³/mol. The first-order valence-electron chi connectivity index (χ1n) is 9.36. The molecule has 3 rings (SSSR count). The maximum absolute atomic E-state index is 13.1. The number of allylic oxidation sites excluding steroid dienone is 1. The molecule has 0 saturated carbocycles. The number of aromatic nitrogens is 1. The van der Waals surface area contributed by atoms with Gasteiger partial charge in [-0.15, -0.1) is 0 Å². The predicted octanol–water partition coefficient (Wildman–Crippen LogP) is 3.41. The molecule has 2 atom stereocenters. The highest BCUT2D eigenvalue weighted by Crippen LogP contribution is 2.24. The largest absolute Gasteiger partial charge is 0.355 e. The molecule has 28 heavy (non-hydrogen) atoms. The molecule has 2 heterocycles. The molecule has 1 aliphatic rings. The molecule has 0 bridgehead atoms. The minimum Gasteiger partial charge on any atom is -0.355 e. The molecule has 1 saturated heterocycles. The highest BCUT2D eigenvalue weighted by molar-refractivity contribution is 5.97. The van der Waals surface area contributed by atoms with E-state index in [1.807, 2.05) is 32.9 Å². The van der Waals surface area contributed by atoms with Gasteiger partial charge in [0.05, 0.1) is 6.04 Å². The van der Waals surface area contributed by atoms with Crippen LogP contribution in [0.4, 0.5) is 4.39 Å². The number of halogens is 1. The van der Waals surface area contributed by atoms with Gasteiger partial charge in [-0.3, -0.25) is 9.59 Å². The first-order chi connectivity index (χ1) is 13.4. The van der Waals surface area contributed by atoms with E-state index in [4.69, 9.17) is 4.52 Å². The maximum atomic E-state index is 13.1. The summed E-state index contributed by atoms with van der Waals surface area (Å²) >= 11 is 0. The molecular formula is C21H24FN3O3. The quantitative estimate of drug-likeness (QED) is 0.801. The molecule has 0 spiro atoms. The van der Waals surface area contributed by atoms with Gasteiger partial charge in [0.2, 0.25) is 5.91 Å². The molecule has 1 aromatic heterocycles. The summed E-state index contributed by atoms with van der Waals surface area (Å²) in [7, 11) is 0. The number of rotatable bonds is 5. The van der Waals surface area contributed by atoms with Crippen molar-refractivity contribution in [3.63, 3.8) is 0 Å². The first-order valence-corrected chi connectivity index (χ1v) is 9.36. The van der Waals surface area contributed by atoms with Gasteiger partial charge in [0.15, 0.2) is 11.5 Å². The lowest BCUT2D eigenvalue weighted by Crippen LogP contribution is -2.61. The Kier molecular flexibility index (Phi) is 5.92. The standard InChI is InChI=1S/C21H24FN3O3/c1-4-5-16-12-25(18(10-13(2)3)20(26)23-16)21(27)17-11-19(28-24-17)14-6-8-15(22)9-7-14/h4-9,11,13,16,18H,10,12H2,1-3H3,(H,23,26)/b5-4+/t16-,18-/m0/s1. The second-order valence-electron chi connectivity index (χ2n) is 7.33. The molecule has 6 nitrogen and oxygen atoms in total. The molecule has 0 radical (unpaired) electrons. The number of carbonyl (C=O) groups is 2. The molecular weight excluding hydrogens is 361 g/mol. The van der Waals surface area contributed by atoms with Crippen LogP contribution in [-0.4, -0.2) is 40.5 Å². The second-order valence-corrected chi connectivity index (χ2v) is 7.33. The van der Waals surface area contributed by atoms with Crippen LogP contribution in [0.3, 0.4) is 0 Å². The molecule has 2 amide bonds. The van der Waals surface area contributed by atoms with Crippen LogP contribution in [0.2, 0.25) is 0 Å². The van der Waals surface area contributed by atoms with Gasteiger partial charge in [-0.1, -0.05) is 31.2 Å². The number of benzene rings is 1. The lowest BCUT2D eigenvalue weighted by Gasteiger charge is -2.38. The second kappa shape index (κ2) is 8.37. The van der Waals surface area contributed by atoms with Crippen molar-refractivity contribution in [2.24, 2.45) is 5.92 Å². The molecule has 1 fully saturated rings. The third kappa shape index (κ3) is 4.30. The van der Waals surface area contributed by atoms with Crippen LogP contribution >= 0.6 is 0 Å². The minimum absolute atomic E-state index is 0.127. The van der Waals surface area contributed by atoms with Crippen LogP contribution < -0.4 is 5.32 Å². The third-order valence-electron chi connectivity index (χ3n) is 4.64. The van der Waals surface area contributed by atoms with E-state index >= 15 is 0 Å². The van der Waals surface area contributed by atoms with E-state index in [9.17, 15) is 14.0 Å². The molecule has 1 aromatic carbocycles. The highest BCUT2D eigenvalue weighted by Gasteiger charge is 2.38. The Morgan fingerprint density at radius 3 is 2.75 bits per heavy atom. The number of carbonyl (C=O) groups excluding carboxylic acids is 2. The van der Waals surface area contributed by atoms with Crippen LogP contribution in [0.25, 0.3) is 11.3 Å². The smallest absolute Gasteiger partial charge is 0.276 e. The lowest BCUT2D eigenvalue weighted by atomic mass is 9.97. The number of nitrogens with zero attached hydrogens (tertiary/aromatic N) is 2. The SMILES string of the molecule is C/C=C/[C@H]1CN(C(=O)c2cc(-c3ccc(F)cc3)on2)[C@@H](CC(C)C)C(=O)N1. The summed E-state index contributed by atoms with van der Waals surface area (Å²) in [5.41, 5.74) is 0.747. The fraction of sp³-hybridized carbons (Fsp3) is 0.381. The lowest BCUT2D eigenvalue weighted by molar-refractivity contribution is -0.129. The van der Waals surface area contributed by atoms with Gasteiger partial charge in [0, 0.05) is 18.2 Å². The van der Waals surface area contributed by atoms with E-state index in [1.54, 1.807) is 17.0 Å². The van der Waals surface area contributed by atoms with Crippen LogP contribution in [0, 0.1) is 11.7 Å². The first kappa shape index (κ1) is 19.8. The molecule has 7 heteroatoms. The summed E-state index contributed by atoms with van der Waals surface area (Å²) in [6.07, 6.45) is 4.26. The average molecular weight is 385 g/mol. The van der Waals surface area contributed by atoms with Crippen molar-refractivity contribution >= 4 is 11.8 Å².